The number of rotatable bonds is 5. The quantitative estimate of drug-likeness (QED) is 0.841. The normalized spacial score (nSPS) is 14.4. The number of hydrogen-bond donors (Lipinski definition) is 1. The Balaban J connectivity index is 1.64. The molecule has 108 valence electrons. The van der Waals surface area contributed by atoms with Gasteiger partial charge in [0.1, 0.15) is 0 Å². The molecule has 1 aliphatic rings. The SMILES string of the molecule is Cc1cccc(NC(=O)OCCCN2CCCC2=O)c1. The zero-order valence-electron chi connectivity index (χ0n) is 11.7. The van der Waals surface area contributed by atoms with E-state index in [0.29, 0.717) is 26.0 Å². The molecule has 1 saturated heterocycles. The number of hydrogen-bond acceptors (Lipinski definition) is 3. The van der Waals surface area contributed by atoms with E-state index in [1.165, 1.54) is 0 Å². The van der Waals surface area contributed by atoms with Crippen LogP contribution in [0.3, 0.4) is 0 Å². The minimum absolute atomic E-state index is 0.203. The Kier molecular flexibility index (Phi) is 4.98. The molecule has 1 aromatic rings. The third kappa shape index (κ3) is 4.26. The lowest BCUT2D eigenvalue weighted by Crippen LogP contribution is -2.27. The van der Waals surface area contributed by atoms with Gasteiger partial charge < -0.3 is 9.64 Å². The van der Waals surface area contributed by atoms with Crippen LogP contribution in [-0.2, 0) is 9.53 Å². The van der Waals surface area contributed by atoms with Crippen LogP contribution in [0.1, 0.15) is 24.8 Å². The number of anilines is 1. The number of carbonyl (C=O) groups excluding carboxylic acids is 2. The van der Waals surface area contributed by atoms with Crippen molar-refractivity contribution in [1.82, 2.24) is 4.90 Å². The van der Waals surface area contributed by atoms with E-state index in [1.54, 1.807) is 0 Å². The van der Waals surface area contributed by atoms with Crippen LogP contribution in [0.2, 0.25) is 0 Å². The van der Waals surface area contributed by atoms with Crippen LogP contribution in [0.15, 0.2) is 24.3 Å². The summed E-state index contributed by atoms with van der Waals surface area (Å²) in [5.41, 5.74) is 1.81. The van der Waals surface area contributed by atoms with Gasteiger partial charge in [-0.3, -0.25) is 10.1 Å². The molecule has 0 radical (unpaired) electrons. The van der Waals surface area contributed by atoms with Crippen LogP contribution in [0.4, 0.5) is 10.5 Å². The van der Waals surface area contributed by atoms with Crippen LogP contribution >= 0.6 is 0 Å². The molecule has 2 rings (SSSR count). The largest absolute Gasteiger partial charge is 0.449 e. The van der Waals surface area contributed by atoms with Crippen molar-refractivity contribution in [3.63, 3.8) is 0 Å². The third-order valence-electron chi connectivity index (χ3n) is 3.24. The third-order valence-corrected chi connectivity index (χ3v) is 3.24. The highest BCUT2D eigenvalue weighted by Crippen LogP contribution is 2.11. The molecule has 0 bridgehead atoms. The molecule has 2 amide bonds. The molecule has 5 heteroatoms. The van der Waals surface area contributed by atoms with Gasteiger partial charge in [-0.05, 0) is 37.5 Å². The van der Waals surface area contributed by atoms with E-state index in [4.69, 9.17) is 4.74 Å². The summed E-state index contributed by atoms with van der Waals surface area (Å²) in [6.45, 7) is 3.77. The minimum atomic E-state index is -0.455. The fourth-order valence-electron chi connectivity index (χ4n) is 2.24. The number of carbonyl (C=O) groups is 2. The Hall–Kier alpha value is -2.04. The smallest absolute Gasteiger partial charge is 0.411 e. The van der Waals surface area contributed by atoms with Crippen molar-refractivity contribution in [2.75, 3.05) is 25.0 Å². The fraction of sp³-hybridized carbons (Fsp3) is 0.467. The first-order chi connectivity index (χ1) is 9.65. The summed E-state index contributed by atoms with van der Waals surface area (Å²) in [5.74, 6) is 0.203. The topological polar surface area (TPSA) is 58.6 Å². The first kappa shape index (κ1) is 14.4. The minimum Gasteiger partial charge on any atom is -0.449 e. The Bertz CT molecular complexity index is 488. The molecule has 20 heavy (non-hydrogen) atoms. The predicted octanol–water partition coefficient (Wildman–Crippen LogP) is 2.56. The molecule has 1 aliphatic heterocycles. The van der Waals surface area contributed by atoms with Crippen LogP contribution in [-0.4, -0.2) is 36.6 Å². The maximum Gasteiger partial charge on any atom is 0.411 e. The number of likely N-dealkylation sites (tertiary alicyclic amines) is 1. The molecule has 1 N–H and O–H groups in total. The van der Waals surface area contributed by atoms with Gasteiger partial charge in [-0.15, -0.1) is 0 Å². The van der Waals surface area contributed by atoms with Gasteiger partial charge in [-0.1, -0.05) is 12.1 Å². The van der Waals surface area contributed by atoms with E-state index < -0.39 is 6.09 Å². The molecular weight excluding hydrogens is 256 g/mol. The highest BCUT2D eigenvalue weighted by atomic mass is 16.5. The van der Waals surface area contributed by atoms with Crippen LogP contribution in [0, 0.1) is 6.92 Å². The van der Waals surface area contributed by atoms with Crippen molar-refractivity contribution < 1.29 is 14.3 Å². The van der Waals surface area contributed by atoms with Gasteiger partial charge in [-0.2, -0.15) is 0 Å². The summed E-state index contributed by atoms with van der Waals surface area (Å²) >= 11 is 0. The average molecular weight is 276 g/mol. The first-order valence-corrected chi connectivity index (χ1v) is 6.93. The number of nitrogens with zero attached hydrogens (tertiary/aromatic N) is 1. The second-order valence-corrected chi connectivity index (χ2v) is 4.97. The molecule has 1 fully saturated rings. The first-order valence-electron chi connectivity index (χ1n) is 6.93. The highest BCUT2D eigenvalue weighted by molar-refractivity contribution is 5.84. The molecule has 0 saturated carbocycles. The van der Waals surface area contributed by atoms with Crippen LogP contribution < -0.4 is 5.32 Å². The molecule has 0 atom stereocenters. The van der Waals surface area contributed by atoms with Crippen molar-refractivity contribution >= 4 is 17.7 Å². The molecule has 1 aromatic carbocycles. The lowest BCUT2D eigenvalue weighted by atomic mass is 10.2. The van der Waals surface area contributed by atoms with Gasteiger partial charge in [0.05, 0.1) is 6.61 Å². The Morgan fingerprint density at radius 1 is 1.45 bits per heavy atom. The lowest BCUT2D eigenvalue weighted by molar-refractivity contribution is -0.127. The van der Waals surface area contributed by atoms with E-state index in [0.717, 1.165) is 24.2 Å². The van der Waals surface area contributed by atoms with Gasteiger partial charge in [0.15, 0.2) is 0 Å². The van der Waals surface area contributed by atoms with Crippen molar-refractivity contribution in [1.29, 1.82) is 0 Å². The zero-order chi connectivity index (χ0) is 14.4. The molecule has 0 aliphatic carbocycles. The van der Waals surface area contributed by atoms with E-state index in [1.807, 2.05) is 36.1 Å². The molecule has 1 heterocycles. The second kappa shape index (κ2) is 6.93. The summed E-state index contributed by atoms with van der Waals surface area (Å²) in [5, 5.41) is 2.68. The van der Waals surface area contributed by atoms with Gasteiger partial charge >= 0.3 is 6.09 Å². The number of amides is 2. The molecular formula is C15H20N2O3. The summed E-state index contributed by atoms with van der Waals surface area (Å²) in [6.07, 6.45) is 1.80. The number of aryl methyl sites for hydroxylation is 1. The second-order valence-electron chi connectivity index (χ2n) is 4.97. The standard InChI is InChI=1S/C15H20N2O3/c1-12-5-2-6-13(11-12)16-15(19)20-10-4-9-17-8-3-7-14(17)18/h2,5-6,11H,3-4,7-10H2,1H3,(H,16,19). The summed E-state index contributed by atoms with van der Waals surface area (Å²) in [6, 6.07) is 7.54. The van der Waals surface area contributed by atoms with E-state index in [-0.39, 0.29) is 5.91 Å². The Morgan fingerprint density at radius 3 is 3.00 bits per heavy atom. The Labute approximate surface area is 118 Å². The van der Waals surface area contributed by atoms with Crippen LogP contribution in [0.5, 0.6) is 0 Å². The predicted molar refractivity (Wildman–Crippen MR) is 76.6 cm³/mol. The fourth-order valence-corrected chi connectivity index (χ4v) is 2.24. The van der Waals surface area contributed by atoms with Crippen molar-refractivity contribution in [3.05, 3.63) is 29.8 Å². The van der Waals surface area contributed by atoms with E-state index in [2.05, 4.69) is 5.32 Å². The highest BCUT2D eigenvalue weighted by Gasteiger charge is 2.19. The number of benzene rings is 1. The summed E-state index contributed by atoms with van der Waals surface area (Å²) < 4.78 is 5.09. The van der Waals surface area contributed by atoms with Gasteiger partial charge in [0.25, 0.3) is 0 Å². The van der Waals surface area contributed by atoms with Gasteiger partial charge in [0.2, 0.25) is 5.91 Å². The van der Waals surface area contributed by atoms with Crippen molar-refractivity contribution in [2.45, 2.75) is 26.2 Å². The monoisotopic (exact) mass is 276 g/mol. The van der Waals surface area contributed by atoms with Crippen LogP contribution in [0.25, 0.3) is 0 Å². The maximum absolute atomic E-state index is 11.6. The van der Waals surface area contributed by atoms with E-state index in [9.17, 15) is 9.59 Å². The van der Waals surface area contributed by atoms with Gasteiger partial charge in [-0.25, -0.2) is 4.79 Å². The van der Waals surface area contributed by atoms with E-state index >= 15 is 0 Å². The maximum atomic E-state index is 11.6. The lowest BCUT2D eigenvalue weighted by Gasteiger charge is -2.15. The van der Waals surface area contributed by atoms with Crippen molar-refractivity contribution in [3.8, 4) is 0 Å². The number of ether oxygens (including phenoxy) is 1. The van der Waals surface area contributed by atoms with Gasteiger partial charge in [0, 0.05) is 25.2 Å². The Morgan fingerprint density at radius 2 is 2.30 bits per heavy atom. The summed E-state index contributed by atoms with van der Waals surface area (Å²) in [4.78, 5) is 24.8. The molecule has 0 aromatic heterocycles. The summed E-state index contributed by atoms with van der Waals surface area (Å²) in [7, 11) is 0. The molecule has 0 unspecified atom stereocenters. The molecule has 0 spiro atoms. The average Bonchev–Trinajstić information content (AvgIpc) is 2.80. The zero-order valence-corrected chi connectivity index (χ0v) is 11.7. The molecule has 5 nitrogen and oxygen atoms in total. The number of nitrogens with one attached hydrogen (secondary N) is 1. The van der Waals surface area contributed by atoms with Crippen molar-refractivity contribution in [2.24, 2.45) is 0 Å².